The van der Waals surface area contributed by atoms with Crippen molar-refractivity contribution >= 4 is 23.0 Å². The van der Waals surface area contributed by atoms with Crippen LogP contribution in [0.2, 0.25) is 0 Å². The van der Waals surface area contributed by atoms with Gasteiger partial charge in [-0.15, -0.1) is 0 Å². The Kier molecular flexibility index (Phi) is 4.62. The van der Waals surface area contributed by atoms with E-state index in [0.717, 1.165) is 19.3 Å². The molecule has 2 atom stereocenters. The predicted molar refractivity (Wildman–Crippen MR) is 108 cm³/mol. The molecule has 30 heavy (non-hydrogen) atoms. The van der Waals surface area contributed by atoms with E-state index in [4.69, 9.17) is 4.42 Å². The molecule has 0 bridgehead atoms. The number of halogens is 1. The van der Waals surface area contributed by atoms with E-state index < -0.39 is 0 Å². The van der Waals surface area contributed by atoms with Crippen LogP contribution in [0.25, 0.3) is 16.8 Å². The normalized spacial score (nSPS) is 18.6. The third-order valence-corrected chi connectivity index (χ3v) is 5.27. The fourth-order valence-corrected chi connectivity index (χ4v) is 3.85. The first-order valence-corrected chi connectivity index (χ1v) is 9.76. The SMILES string of the molecule is O=C(N[C@@H]1CCC[C@H]1Nc1nc2cc(F)ccc2o1)c1ccccc1-n1nccn1. The van der Waals surface area contributed by atoms with Crippen molar-refractivity contribution < 1.29 is 13.6 Å². The Morgan fingerprint density at radius 1 is 1.10 bits per heavy atom. The first-order chi connectivity index (χ1) is 14.7. The van der Waals surface area contributed by atoms with Gasteiger partial charge in [-0.2, -0.15) is 20.0 Å². The molecule has 5 rings (SSSR count). The van der Waals surface area contributed by atoms with Crippen LogP contribution in [0.1, 0.15) is 29.6 Å². The minimum atomic E-state index is -0.362. The fourth-order valence-electron chi connectivity index (χ4n) is 3.85. The molecule has 2 heterocycles. The second-order valence-corrected chi connectivity index (χ2v) is 7.23. The molecule has 0 radical (unpaired) electrons. The molecule has 2 N–H and O–H groups in total. The van der Waals surface area contributed by atoms with E-state index >= 15 is 0 Å². The Labute approximate surface area is 171 Å². The zero-order chi connectivity index (χ0) is 20.5. The highest BCUT2D eigenvalue weighted by Crippen LogP contribution is 2.26. The summed E-state index contributed by atoms with van der Waals surface area (Å²) in [4.78, 5) is 18.7. The van der Waals surface area contributed by atoms with Gasteiger partial charge in [0.15, 0.2) is 5.58 Å². The van der Waals surface area contributed by atoms with Crippen molar-refractivity contribution in [3.63, 3.8) is 0 Å². The molecule has 4 aromatic rings. The second kappa shape index (κ2) is 7.58. The van der Waals surface area contributed by atoms with Crippen molar-refractivity contribution in [2.24, 2.45) is 0 Å². The standard InChI is InChI=1S/C21H19FN6O2/c22-13-8-9-19-17(12-13)27-21(30-19)26-16-6-3-5-15(16)25-20(29)14-4-1-2-7-18(14)28-23-10-11-24-28/h1-2,4,7-12,15-16H,3,5-6H2,(H,25,29)(H,26,27)/t15-,16-/m1/s1. The summed E-state index contributed by atoms with van der Waals surface area (Å²) in [5.41, 5.74) is 2.08. The van der Waals surface area contributed by atoms with Crippen molar-refractivity contribution in [3.05, 3.63) is 66.2 Å². The zero-order valence-electron chi connectivity index (χ0n) is 16.0. The van der Waals surface area contributed by atoms with E-state index in [-0.39, 0.29) is 23.8 Å². The molecular formula is C21H19FN6O2. The lowest BCUT2D eigenvalue weighted by Gasteiger charge is -2.22. The molecular weight excluding hydrogens is 387 g/mol. The maximum atomic E-state index is 13.4. The lowest BCUT2D eigenvalue weighted by molar-refractivity contribution is 0.0935. The molecule has 8 nitrogen and oxygen atoms in total. The van der Waals surface area contributed by atoms with Gasteiger partial charge in [-0.1, -0.05) is 12.1 Å². The van der Waals surface area contributed by atoms with Gasteiger partial charge in [-0.05, 0) is 43.5 Å². The molecule has 152 valence electrons. The Bertz CT molecular complexity index is 1190. The molecule has 1 amide bonds. The van der Waals surface area contributed by atoms with E-state index in [1.165, 1.54) is 16.9 Å². The summed E-state index contributed by atoms with van der Waals surface area (Å²) in [6.07, 6.45) is 5.79. The summed E-state index contributed by atoms with van der Waals surface area (Å²) in [5, 5.41) is 14.6. The lowest BCUT2D eigenvalue weighted by Crippen LogP contribution is -2.43. The monoisotopic (exact) mass is 406 g/mol. The molecule has 1 aliphatic rings. The van der Waals surface area contributed by atoms with E-state index in [0.29, 0.717) is 28.4 Å². The summed E-state index contributed by atoms with van der Waals surface area (Å²) in [7, 11) is 0. The number of nitrogens with one attached hydrogen (secondary N) is 2. The zero-order valence-corrected chi connectivity index (χ0v) is 16.0. The highest BCUT2D eigenvalue weighted by Gasteiger charge is 2.30. The minimum absolute atomic E-state index is 0.0400. The first kappa shape index (κ1) is 18.3. The van der Waals surface area contributed by atoms with Crippen molar-refractivity contribution in [3.8, 4) is 5.69 Å². The Hall–Kier alpha value is -3.75. The van der Waals surface area contributed by atoms with Gasteiger partial charge in [-0.25, -0.2) is 4.39 Å². The largest absolute Gasteiger partial charge is 0.424 e. The number of fused-ring (bicyclic) bond motifs is 1. The van der Waals surface area contributed by atoms with Gasteiger partial charge in [0.25, 0.3) is 11.9 Å². The van der Waals surface area contributed by atoms with Crippen molar-refractivity contribution in [2.45, 2.75) is 31.3 Å². The molecule has 9 heteroatoms. The second-order valence-electron chi connectivity index (χ2n) is 7.23. The number of oxazole rings is 1. The molecule has 2 aromatic heterocycles. The number of carbonyl (C=O) groups excluding carboxylic acids is 1. The first-order valence-electron chi connectivity index (χ1n) is 9.76. The topological polar surface area (TPSA) is 97.9 Å². The molecule has 1 aliphatic carbocycles. The third kappa shape index (κ3) is 3.49. The van der Waals surface area contributed by atoms with Crippen LogP contribution in [0.3, 0.4) is 0 Å². The van der Waals surface area contributed by atoms with E-state index in [2.05, 4.69) is 25.8 Å². The summed E-state index contributed by atoms with van der Waals surface area (Å²) in [6.45, 7) is 0. The Morgan fingerprint density at radius 2 is 1.90 bits per heavy atom. The van der Waals surface area contributed by atoms with Crippen molar-refractivity contribution in [2.75, 3.05) is 5.32 Å². The average molecular weight is 406 g/mol. The maximum Gasteiger partial charge on any atom is 0.295 e. The van der Waals surface area contributed by atoms with E-state index in [1.807, 2.05) is 12.1 Å². The molecule has 1 saturated carbocycles. The number of para-hydroxylation sites is 1. The summed E-state index contributed by atoms with van der Waals surface area (Å²) < 4.78 is 19.1. The number of hydrogen-bond donors (Lipinski definition) is 2. The van der Waals surface area contributed by atoms with Gasteiger partial charge >= 0.3 is 0 Å². The third-order valence-electron chi connectivity index (χ3n) is 5.27. The van der Waals surface area contributed by atoms with Gasteiger partial charge in [0, 0.05) is 12.1 Å². The fraction of sp³-hybridized carbons (Fsp3) is 0.238. The van der Waals surface area contributed by atoms with Crippen molar-refractivity contribution in [1.82, 2.24) is 25.3 Å². The van der Waals surface area contributed by atoms with Gasteiger partial charge in [-0.3, -0.25) is 4.79 Å². The number of benzene rings is 2. The summed E-state index contributed by atoms with van der Waals surface area (Å²) in [6, 6.07) is 11.6. The minimum Gasteiger partial charge on any atom is -0.424 e. The number of hydrogen-bond acceptors (Lipinski definition) is 6. The van der Waals surface area contributed by atoms with Crippen LogP contribution < -0.4 is 10.6 Å². The van der Waals surface area contributed by atoms with Crippen LogP contribution in [-0.4, -0.2) is 38.0 Å². The smallest absolute Gasteiger partial charge is 0.295 e. The maximum absolute atomic E-state index is 13.4. The van der Waals surface area contributed by atoms with Gasteiger partial charge in [0.2, 0.25) is 0 Å². The van der Waals surface area contributed by atoms with Crippen LogP contribution in [0.5, 0.6) is 0 Å². The van der Waals surface area contributed by atoms with Crippen LogP contribution in [0.4, 0.5) is 10.4 Å². The lowest BCUT2D eigenvalue weighted by atomic mass is 10.1. The average Bonchev–Trinajstić information content (AvgIpc) is 3.49. The number of amides is 1. The molecule has 0 saturated heterocycles. The van der Waals surface area contributed by atoms with Crippen LogP contribution in [0.15, 0.2) is 59.3 Å². The quantitative estimate of drug-likeness (QED) is 0.528. The van der Waals surface area contributed by atoms with Crippen LogP contribution >= 0.6 is 0 Å². The number of aromatic nitrogens is 4. The van der Waals surface area contributed by atoms with Gasteiger partial charge in [0.05, 0.1) is 29.7 Å². The highest BCUT2D eigenvalue weighted by atomic mass is 19.1. The van der Waals surface area contributed by atoms with Gasteiger partial charge < -0.3 is 15.1 Å². The molecule has 2 aromatic carbocycles. The molecule has 0 unspecified atom stereocenters. The number of anilines is 1. The van der Waals surface area contributed by atoms with Crippen molar-refractivity contribution in [1.29, 1.82) is 0 Å². The predicted octanol–water partition coefficient (Wildman–Crippen LogP) is 3.31. The summed E-state index contributed by atoms with van der Waals surface area (Å²) >= 11 is 0. The van der Waals surface area contributed by atoms with E-state index in [9.17, 15) is 9.18 Å². The van der Waals surface area contributed by atoms with Gasteiger partial charge in [0.1, 0.15) is 11.3 Å². The van der Waals surface area contributed by atoms with E-state index in [1.54, 1.807) is 30.6 Å². The highest BCUT2D eigenvalue weighted by molar-refractivity contribution is 5.98. The molecule has 0 spiro atoms. The number of rotatable bonds is 5. The van der Waals surface area contributed by atoms with Crippen LogP contribution in [0, 0.1) is 5.82 Å². The number of carbonyl (C=O) groups is 1. The Balaban J connectivity index is 1.33. The number of nitrogens with zero attached hydrogens (tertiary/aromatic N) is 4. The molecule has 1 fully saturated rings. The van der Waals surface area contributed by atoms with Crippen LogP contribution in [-0.2, 0) is 0 Å². The summed E-state index contributed by atoms with van der Waals surface area (Å²) in [5.74, 6) is -0.556. The molecule has 0 aliphatic heterocycles. The Morgan fingerprint density at radius 3 is 2.77 bits per heavy atom.